The number of halogens is 1. The number of methoxy groups -OCH3 is 1. The van der Waals surface area contributed by atoms with Crippen LogP contribution in [0.25, 0.3) is 11.3 Å². The number of nitrogens with zero attached hydrogens (tertiary/aromatic N) is 1. The van der Waals surface area contributed by atoms with Gasteiger partial charge in [-0.25, -0.2) is 4.39 Å². The lowest BCUT2D eigenvalue weighted by Gasteiger charge is -2.30. The first-order valence-electron chi connectivity index (χ1n) is 9.36. The van der Waals surface area contributed by atoms with Crippen molar-refractivity contribution in [2.24, 2.45) is 0 Å². The highest BCUT2D eigenvalue weighted by Crippen LogP contribution is 2.20. The summed E-state index contributed by atoms with van der Waals surface area (Å²) >= 11 is 0. The minimum atomic E-state index is -0.328. The predicted octanol–water partition coefficient (Wildman–Crippen LogP) is 2.69. The Morgan fingerprint density at radius 1 is 1.18 bits per heavy atom. The molecule has 0 saturated heterocycles. The summed E-state index contributed by atoms with van der Waals surface area (Å²) in [5, 5.41) is 5.95. The van der Waals surface area contributed by atoms with Crippen LogP contribution in [-0.4, -0.2) is 42.6 Å². The van der Waals surface area contributed by atoms with Gasteiger partial charge in [0.05, 0.1) is 11.3 Å². The van der Waals surface area contributed by atoms with Crippen molar-refractivity contribution in [1.29, 1.82) is 0 Å². The normalized spacial score (nSPS) is 19.1. The van der Waals surface area contributed by atoms with E-state index < -0.39 is 0 Å². The van der Waals surface area contributed by atoms with Crippen LogP contribution >= 0.6 is 0 Å². The van der Waals surface area contributed by atoms with E-state index in [9.17, 15) is 14.0 Å². The second-order valence-electron chi connectivity index (χ2n) is 6.98. The van der Waals surface area contributed by atoms with E-state index in [1.165, 1.54) is 25.4 Å². The van der Waals surface area contributed by atoms with Gasteiger partial charge in [0.1, 0.15) is 12.4 Å². The summed E-state index contributed by atoms with van der Waals surface area (Å²) in [6, 6.07) is 9.60. The van der Waals surface area contributed by atoms with Gasteiger partial charge in [0.2, 0.25) is 5.91 Å². The van der Waals surface area contributed by atoms with E-state index in [2.05, 4.69) is 15.6 Å². The second-order valence-corrected chi connectivity index (χ2v) is 6.98. The van der Waals surface area contributed by atoms with Gasteiger partial charge in [-0.2, -0.15) is 0 Å². The summed E-state index contributed by atoms with van der Waals surface area (Å²) in [7, 11) is 1.48. The van der Waals surface area contributed by atoms with Crippen LogP contribution in [-0.2, 0) is 9.53 Å². The summed E-state index contributed by atoms with van der Waals surface area (Å²) in [4.78, 5) is 28.5. The van der Waals surface area contributed by atoms with Gasteiger partial charge in [-0.1, -0.05) is 12.1 Å². The van der Waals surface area contributed by atoms with Crippen molar-refractivity contribution in [2.45, 2.75) is 37.8 Å². The number of rotatable bonds is 6. The summed E-state index contributed by atoms with van der Waals surface area (Å²) < 4.78 is 18.2. The average Bonchev–Trinajstić information content (AvgIpc) is 2.68. The molecule has 6 nitrogen and oxygen atoms in total. The molecule has 0 bridgehead atoms. The van der Waals surface area contributed by atoms with Gasteiger partial charge in [-0.05, 0) is 49.9 Å². The molecule has 2 N–H and O–H groups in total. The van der Waals surface area contributed by atoms with Gasteiger partial charge >= 0.3 is 0 Å². The Morgan fingerprint density at radius 3 is 2.64 bits per heavy atom. The molecule has 1 fully saturated rings. The molecule has 1 aromatic heterocycles. The molecule has 0 aliphatic heterocycles. The van der Waals surface area contributed by atoms with Crippen LogP contribution in [0.3, 0.4) is 0 Å². The van der Waals surface area contributed by atoms with E-state index in [-0.39, 0.29) is 36.3 Å². The van der Waals surface area contributed by atoms with Crippen LogP contribution in [0.5, 0.6) is 0 Å². The van der Waals surface area contributed by atoms with E-state index in [4.69, 9.17) is 4.74 Å². The Hall–Kier alpha value is -2.80. The summed E-state index contributed by atoms with van der Waals surface area (Å²) in [6.45, 7) is 0.0385. The Labute approximate surface area is 163 Å². The number of hydrogen-bond acceptors (Lipinski definition) is 4. The highest BCUT2D eigenvalue weighted by Gasteiger charge is 2.24. The molecule has 1 aliphatic carbocycles. The number of carbonyl (C=O) groups excluding carboxylic acids is 2. The number of carbonyl (C=O) groups is 2. The topological polar surface area (TPSA) is 80.3 Å². The first-order chi connectivity index (χ1) is 13.5. The second kappa shape index (κ2) is 9.41. The van der Waals surface area contributed by atoms with Gasteiger partial charge in [0.25, 0.3) is 5.91 Å². The zero-order chi connectivity index (χ0) is 19.9. The molecule has 1 aromatic carbocycles. The Kier molecular flexibility index (Phi) is 6.71. The van der Waals surface area contributed by atoms with Crippen LogP contribution in [0, 0.1) is 5.82 Å². The Balaban J connectivity index is 1.57. The smallest absolute Gasteiger partial charge is 0.253 e. The molecule has 1 aliphatic rings. The maximum absolute atomic E-state index is 13.3. The number of nitrogens with one attached hydrogen (secondary N) is 2. The summed E-state index contributed by atoms with van der Waals surface area (Å²) in [6.07, 6.45) is 4.88. The van der Waals surface area contributed by atoms with Crippen LogP contribution in [0.1, 0.15) is 36.0 Å². The minimum absolute atomic E-state index is 0.00279. The van der Waals surface area contributed by atoms with E-state index in [1.807, 2.05) is 0 Å². The SMILES string of the molecule is COCC(=O)N[C@@H]1CCC[C@H](NC(=O)c2ccc(-c3cccc(F)c3)nc2)C1. The van der Waals surface area contributed by atoms with Gasteiger partial charge in [0.15, 0.2) is 0 Å². The molecule has 0 spiro atoms. The molecular formula is C21H24FN3O3. The molecule has 0 unspecified atom stereocenters. The third kappa shape index (κ3) is 5.36. The first kappa shape index (κ1) is 19.9. The molecular weight excluding hydrogens is 361 g/mol. The van der Waals surface area contributed by atoms with E-state index in [0.29, 0.717) is 23.2 Å². The summed E-state index contributed by atoms with van der Waals surface area (Å²) in [5.74, 6) is -0.672. The molecule has 3 rings (SSSR count). The zero-order valence-corrected chi connectivity index (χ0v) is 15.8. The largest absolute Gasteiger partial charge is 0.375 e. The molecule has 2 amide bonds. The number of pyridine rings is 1. The fourth-order valence-electron chi connectivity index (χ4n) is 3.47. The molecule has 2 atom stereocenters. The lowest BCUT2D eigenvalue weighted by atomic mass is 9.90. The van der Waals surface area contributed by atoms with Crippen LogP contribution in [0.15, 0.2) is 42.6 Å². The van der Waals surface area contributed by atoms with Crippen molar-refractivity contribution < 1.29 is 18.7 Å². The highest BCUT2D eigenvalue weighted by molar-refractivity contribution is 5.94. The van der Waals surface area contributed by atoms with Crippen molar-refractivity contribution in [3.63, 3.8) is 0 Å². The number of aromatic nitrogens is 1. The molecule has 1 heterocycles. The highest BCUT2D eigenvalue weighted by atomic mass is 19.1. The third-order valence-electron chi connectivity index (χ3n) is 4.80. The lowest BCUT2D eigenvalue weighted by Crippen LogP contribution is -2.46. The Morgan fingerprint density at radius 2 is 1.96 bits per heavy atom. The standard InChI is InChI=1S/C21H24FN3O3/c1-28-13-20(26)24-17-6-3-7-18(11-17)25-21(27)15-8-9-19(23-12-15)14-4-2-5-16(22)10-14/h2,4-5,8-10,12,17-18H,3,6-7,11,13H2,1H3,(H,24,26)(H,25,27)/t17-,18+/m1/s1. The number of amides is 2. The van der Waals surface area contributed by atoms with Gasteiger partial charge < -0.3 is 15.4 Å². The number of benzene rings is 1. The molecule has 7 heteroatoms. The van der Waals surface area contributed by atoms with E-state index in [1.54, 1.807) is 24.3 Å². The van der Waals surface area contributed by atoms with E-state index in [0.717, 1.165) is 19.3 Å². The lowest BCUT2D eigenvalue weighted by molar-refractivity contribution is -0.125. The van der Waals surface area contributed by atoms with Crippen LogP contribution in [0.2, 0.25) is 0 Å². The van der Waals surface area contributed by atoms with Crippen molar-refractivity contribution >= 4 is 11.8 Å². The first-order valence-corrected chi connectivity index (χ1v) is 9.36. The van der Waals surface area contributed by atoms with Crippen molar-refractivity contribution in [1.82, 2.24) is 15.6 Å². The molecule has 1 saturated carbocycles. The van der Waals surface area contributed by atoms with Crippen molar-refractivity contribution in [3.8, 4) is 11.3 Å². The maximum atomic E-state index is 13.3. The van der Waals surface area contributed by atoms with Crippen molar-refractivity contribution in [3.05, 3.63) is 54.0 Å². The number of hydrogen-bond donors (Lipinski definition) is 2. The molecule has 148 valence electrons. The minimum Gasteiger partial charge on any atom is -0.375 e. The molecule has 0 radical (unpaired) electrons. The Bertz CT molecular complexity index is 826. The van der Waals surface area contributed by atoms with E-state index >= 15 is 0 Å². The van der Waals surface area contributed by atoms with Gasteiger partial charge in [-0.3, -0.25) is 14.6 Å². The summed E-state index contributed by atoms with van der Waals surface area (Å²) in [5.41, 5.74) is 1.72. The van der Waals surface area contributed by atoms with Gasteiger partial charge in [-0.15, -0.1) is 0 Å². The van der Waals surface area contributed by atoms with Crippen LogP contribution in [0.4, 0.5) is 4.39 Å². The third-order valence-corrected chi connectivity index (χ3v) is 4.80. The quantitative estimate of drug-likeness (QED) is 0.801. The van der Waals surface area contributed by atoms with Crippen LogP contribution < -0.4 is 10.6 Å². The average molecular weight is 385 g/mol. The predicted molar refractivity (Wildman–Crippen MR) is 103 cm³/mol. The zero-order valence-electron chi connectivity index (χ0n) is 15.8. The monoisotopic (exact) mass is 385 g/mol. The number of ether oxygens (including phenoxy) is 1. The van der Waals surface area contributed by atoms with Gasteiger partial charge in [0, 0.05) is 31.0 Å². The fraction of sp³-hybridized carbons (Fsp3) is 0.381. The fourth-order valence-corrected chi connectivity index (χ4v) is 3.47. The molecule has 28 heavy (non-hydrogen) atoms. The maximum Gasteiger partial charge on any atom is 0.253 e. The molecule has 2 aromatic rings. The van der Waals surface area contributed by atoms with Crippen molar-refractivity contribution in [2.75, 3.05) is 13.7 Å².